The van der Waals surface area contributed by atoms with Crippen LogP contribution in [0.1, 0.15) is 19.3 Å². The molecule has 0 radical (unpaired) electrons. The fraction of sp³-hybridized carbons (Fsp3) is 0.500. The molecule has 2 rings (SSSR count). The Balaban J connectivity index is 0.000000206. The summed E-state index contributed by atoms with van der Waals surface area (Å²) in [4.78, 5) is 41.3. The van der Waals surface area contributed by atoms with Crippen molar-refractivity contribution in [2.45, 2.75) is 25.4 Å². The SMILES string of the molecule is O=C(O)CC(O)C(=O)O.O=C1OC(=O)C2CCC=CC12. The first kappa shape index (κ1) is 15.8. The summed E-state index contributed by atoms with van der Waals surface area (Å²) < 4.78 is 4.48. The van der Waals surface area contributed by atoms with E-state index in [2.05, 4.69) is 4.74 Å². The number of esters is 2. The van der Waals surface area contributed by atoms with Gasteiger partial charge in [-0.3, -0.25) is 14.4 Å². The first-order chi connectivity index (χ1) is 9.32. The van der Waals surface area contributed by atoms with Crippen LogP contribution in [0.25, 0.3) is 0 Å². The summed E-state index contributed by atoms with van der Waals surface area (Å²) in [5, 5.41) is 24.1. The van der Waals surface area contributed by atoms with Gasteiger partial charge in [-0.1, -0.05) is 12.2 Å². The highest BCUT2D eigenvalue weighted by atomic mass is 16.6. The number of hydrogen-bond acceptors (Lipinski definition) is 6. The predicted octanol–water partition coefficient (Wildman–Crippen LogP) is -0.441. The average molecular weight is 286 g/mol. The number of aliphatic carboxylic acids is 2. The third-order valence-corrected chi connectivity index (χ3v) is 2.85. The molecule has 0 aromatic carbocycles. The lowest BCUT2D eigenvalue weighted by Crippen LogP contribution is -2.22. The average Bonchev–Trinajstić information content (AvgIpc) is 2.66. The van der Waals surface area contributed by atoms with E-state index in [0.717, 1.165) is 12.8 Å². The Morgan fingerprint density at radius 3 is 2.40 bits per heavy atom. The zero-order valence-electron chi connectivity index (χ0n) is 10.4. The molecule has 0 aromatic heterocycles. The van der Waals surface area contributed by atoms with Gasteiger partial charge in [0, 0.05) is 0 Å². The maximum absolute atomic E-state index is 10.9. The van der Waals surface area contributed by atoms with Gasteiger partial charge in [0.05, 0.1) is 18.3 Å². The van der Waals surface area contributed by atoms with E-state index in [-0.39, 0.29) is 23.8 Å². The summed E-state index contributed by atoms with van der Waals surface area (Å²) in [5.74, 6) is -4.04. The molecule has 1 aliphatic heterocycles. The minimum absolute atomic E-state index is 0.188. The Morgan fingerprint density at radius 1 is 1.30 bits per heavy atom. The number of carboxylic acids is 2. The monoisotopic (exact) mass is 286 g/mol. The van der Waals surface area contributed by atoms with Crippen LogP contribution < -0.4 is 0 Å². The van der Waals surface area contributed by atoms with Crippen LogP contribution in [-0.4, -0.2) is 45.3 Å². The van der Waals surface area contributed by atoms with Crippen LogP contribution in [0, 0.1) is 11.8 Å². The molecule has 3 unspecified atom stereocenters. The van der Waals surface area contributed by atoms with Crippen LogP contribution in [0.4, 0.5) is 0 Å². The van der Waals surface area contributed by atoms with Gasteiger partial charge in [-0.2, -0.15) is 0 Å². The van der Waals surface area contributed by atoms with Crippen molar-refractivity contribution in [1.82, 2.24) is 0 Å². The highest BCUT2D eigenvalue weighted by molar-refractivity contribution is 5.97. The second kappa shape index (κ2) is 6.80. The first-order valence-corrected chi connectivity index (χ1v) is 5.87. The van der Waals surface area contributed by atoms with Crippen molar-refractivity contribution in [2.75, 3.05) is 0 Å². The number of hydrogen-bond donors (Lipinski definition) is 3. The number of rotatable bonds is 3. The van der Waals surface area contributed by atoms with Crippen molar-refractivity contribution >= 4 is 23.9 Å². The lowest BCUT2D eigenvalue weighted by Gasteiger charge is -2.12. The van der Waals surface area contributed by atoms with Gasteiger partial charge in [-0.15, -0.1) is 0 Å². The number of carbonyl (C=O) groups excluding carboxylic acids is 2. The maximum atomic E-state index is 10.9. The van der Waals surface area contributed by atoms with Crippen molar-refractivity contribution in [2.24, 2.45) is 11.8 Å². The molecule has 3 N–H and O–H groups in total. The molecule has 110 valence electrons. The number of carbonyl (C=O) groups is 4. The van der Waals surface area contributed by atoms with Gasteiger partial charge in [0.1, 0.15) is 0 Å². The summed E-state index contributed by atoms with van der Waals surface area (Å²) in [6, 6.07) is 0. The van der Waals surface area contributed by atoms with E-state index in [1.54, 1.807) is 6.08 Å². The van der Waals surface area contributed by atoms with Gasteiger partial charge in [0.2, 0.25) is 0 Å². The number of allylic oxidation sites excluding steroid dienone is 1. The third-order valence-electron chi connectivity index (χ3n) is 2.85. The van der Waals surface area contributed by atoms with Gasteiger partial charge in [0.15, 0.2) is 6.10 Å². The Labute approximate surface area is 113 Å². The molecule has 1 fully saturated rings. The zero-order chi connectivity index (χ0) is 15.3. The molecule has 3 atom stereocenters. The molecular formula is C12H14O8. The lowest BCUT2D eigenvalue weighted by atomic mass is 9.86. The van der Waals surface area contributed by atoms with E-state index < -0.39 is 24.5 Å². The summed E-state index contributed by atoms with van der Waals surface area (Å²) in [7, 11) is 0. The van der Waals surface area contributed by atoms with Crippen LogP contribution >= 0.6 is 0 Å². The van der Waals surface area contributed by atoms with Crippen LogP contribution in [-0.2, 0) is 23.9 Å². The van der Waals surface area contributed by atoms with Crippen molar-refractivity contribution in [3.8, 4) is 0 Å². The van der Waals surface area contributed by atoms with Crippen molar-refractivity contribution in [3.05, 3.63) is 12.2 Å². The van der Waals surface area contributed by atoms with Gasteiger partial charge in [0.25, 0.3) is 0 Å². The molecule has 8 nitrogen and oxygen atoms in total. The van der Waals surface area contributed by atoms with Crippen LogP contribution in [0.2, 0.25) is 0 Å². The number of aliphatic hydroxyl groups excluding tert-OH is 1. The predicted molar refractivity (Wildman–Crippen MR) is 62.3 cm³/mol. The largest absolute Gasteiger partial charge is 0.481 e. The minimum Gasteiger partial charge on any atom is -0.481 e. The Kier molecular flexibility index (Phi) is 5.39. The molecule has 8 heteroatoms. The van der Waals surface area contributed by atoms with E-state index in [1.807, 2.05) is 6.08 Å². The van der Waals surface area contributed by atoms with Gasteiger partial charge in [-0.25, -0.2) is 4.79 Å². The van der Waals surface area contributed by atoms with Crippen LogP contribution in [0.5, 0.6) is 0 Å². The Morgan fingerprint density at radius 2 is 1.95 bits per heavy atom. The molecular weight excluding hydrogens is 272 g/mol. The highest BCUT2D eigenvalue weighted by Gasteiger charge is 2.43. The van der Waals surface area contributed by atoms with Gasteiger partial charge < -0.3 is 20.1 Å². The summed E-state index contributed by atoms with van der Waals surface area (Å²) in [6.07, 6.45) is 2.80. The smallest absolute Gasteiger partial charge is 0.333 e. The van der Waals surface area contributed by atoms with Gasteiger partial charge in [-0.05, 0) is 12.8 Å². The van der Waals surface area contributed by atoms with E-state index in [1.165, 1.54) is 0 Å². The number of carboxylic acid groups (broad SMARTS) is 2. The molecule has 1 aliphatic carbocycles. The highest BCUT2D eigenvalue weighted by Crippen LogP contribution is 2.32. The number of ether oxygens (including phenoxy) is 1. The van der Waals surface area contributed by atoms with E-state index in [0.29, 0.717) is 0 Å². The van der Waals surface area contributed by atoms with E-state index in [4.69, 9.17) is 15.3 Å². The molecule has 1 heterocycles. The quantitative estimate of drug-likeness (QED) is 0.360. The number of cyclic esters (lactones) is 2. The zero-order valence-corrected chi connectivity index (χ0v) is 10.4. The molecule has 0 amide bonds. The third kappa shape index (κ3) is 4.16. The molecule has 1 saturated heterocycles. The lowest BCUT2D eigenvalue weighted by molar-refractivity contribution is -0.153. The first-order valence-electron chi connectivity index (χ1n) is 5.87. The molecule has 0 spiro atoms. The second-order valence-electron chi connectivity index (χ2n) is 4.33. The standard InChI is InChI=1S/C8H8O3.C4H6O5/c9-7-5-3-1-2-4-6(5)8(10)11-7;5-2(4(8)9)1-3(6)7/h1,3,5-6H,2,4H2;2,5H,1H2,(H,6,7)(H,8,9). The molecule has 20 heavy (non-hydrogen) atoms. The maximum Gasteiger partial charge on any atom is 0.333 e. The van der Waals surface area contributed by atoms with Crippen molar-refractivity contribution in [3.63, 3.8) is 0 Å². The van der Waals surface area contributed by atoms with Crippen molar-refractivity contribution in [1.29, 1.82) is 0 Å². The van der Waals surface area contributed by atoms with Gasteiger partial charge >= 0.3 is 23.9 Å². The minimum atomic E-state index is -1.79. The fourth-order valence-electron chi connectivity index (χ4n) is 1.84. The van der Waals surface area contributed by atoms with E-state index in [9.17, 15) is 19.2 Å². The number of aliphatic hydroxyl groups is 1. The molecule has 0 bridgehead atoms. The normalized spacial score (nSPS) is 25.1. The number of fused-ring (bicyclic) bond motifs is 1. The van der Waals surface area contributed by atoms with E-state index >= 15 is 0 Å². The fourth-order valence-corrected chi connectivity index (χ4v) is 1.84. The van der Waals surface area contributed by atoms with Crippen LogP contribution in [0.15, 0.2) is 12.2 Å². The summed E-state index contributed by atoms with van der Waals surface area (Å²) in [6.45, 7) is 0. The topological polar surface area (TPSA) is 138 Å². The second-order valence-corrected chi connectivity index (χ2v) is 4.33. The Hall–Kier alpha value is -2.22. The molecule has 2 aliphatic rings. The summed E-state index contributed by atoms with van der Waals surface area (Å²) in [5.41, 5.74) is 0. The van der Waals surface area contributed by atoms with Crippen molar-refractivity contribution < 1.29 is 39.2 Å². The van der Waals surface area contributed by atoms with Crippen LogP contribution in [0.3, 0.4) is 0 Å². The Bertz CT molecular complexity index is 452. The molecule has 0 aromatic rings. The molecule has 0 saturated carbocycles. The summed E-state index contributed by atoms with van der Waals surface area (Å²) >= 11 is 0.